The molecule has 2 aliphatic rings. The number of fused-ring (bicyclic) bond motifs is 1. The van der Waals surface area contributed by atoms with E-state index in [0.29, 0.717) is 36.7 Å². The molecule has 6 heterocycles. The van der Waals surface area contributed by atoms with Gasteiger partial charge in [0.05, 0.1) is 35.2 Å². The smallest absolute Gasteiger partial charge is 0.418 e. The fourth-order valence-corrected chi connectivity index (χ4v) is 6.91. The first-order valence-corrected chi connectivity index (χ1v) is 16.1. The zero-order valence-electron chi connectivity index (χ0n) is 25.7. The summed E-state index contributed by atoms with van der Waals surface area (Å²) < 4.78 is 48.0. The van der Waals surface area contributed by atoms with Crippen molar-refractivity contribution in [1.29, 1.82) is 0 Å². The van der Waals surface area contributed by atoms with E-state index in [1.165, 1.54) is 15.8 Å². The Hall–Kier alpha value is -4.55. The first-order valence-electron chi connectivity index (χ1n) is 14.9. The van der Waals surface area contributed by atoms with Gasteiger partial charge in [0.2, 0.25) is 11.7 Å². The molecule has 0 spiro atoms. The summed E-state index contributed by atoms with van der Waals surface area (Å²) in [6.45, 7) is 4.57. The highest BCUT2D eigenvalue weighted by atomic mass is 35.5. The predicted molar refractivity (Wildman–Crippen MR) is 170 cm³/mol. The Morgan fingerprint density at radius 3 is 2.58 bits per heavy atom. The van der Waals surface area contributed by atoms with E-state index in [2.05, 4.69) is 25.4 Å². The average Bonchev–Trinajstić information content (AvgIpc) is 3.68. The summed E-state index contributed by atoms with van der Waals surface area (Å²) in [6.07, 6.45) is -0.894. The van der Waals surface area contributed by atoms with Crippen LogP contribution in [-0.4, -0.2) is 90.3 Å². The standard InChI is InChI=1S/C29H29ClF3N9O5S/c1-3-18-22(39-6-8-40(9-7-39)26(45)21-23(44)15(2)34-14-35-21)27(46)42-28(37-24(38-42)16-4-10-47-11-5-16)41(18)12-19(43)36-25-20(30)17(13-48-25)29(31,32)33/h4,13-14,44H,3,5-12H2,1-2H3,(H,36,43). The number of anilines is 2. The van der Waals surface area contributed by atoms with E-state index in [4.69, 9.17) is 16.3 Å². The number of aromatic nitrogens is 6. The van der Waals surface area contributed by atoms with Gasteiger partial charge in [0, 0.05) is 31.6 Å². The monoisotopic (exact) mass is 707 g/mol. The van der Waals surface area contributed by atoms with E-state index in [1.807, 2.05) is 6.08 Å². The van der Waals surface area contributed by atoms with E-state index in [9.17, 15) is 32.7 Å². The largest absolute Gasteiger partial charge is 0.504 e. The Kier molecular flexibility index (Phi) is 9.14. The molecule has 0 aromatic carbocycles. The molecule has 0 unspecified atom stereocenters. The van der Waals surface area contributed by atoms with Crippen LogP contribution in [-0.2, 0) is 28.7 Å². The molecule has 0 atom stereocenters. The minimum atomic E-state index is -4.69. The van der Waals surface area contributed by atoms with Crippen LogP contribution in [0, 0.1) is 6.92 Å². The van der Waals surface area contributed by atoms with Crippen LogP contribution < -0.4 is 15.8 Å². The number of carbonyl (C=O) groups excluding carboxylic acids is 2. The Balaban J connectivity index is 1.35. The molecule has 19 heteroatoms. The van der Waals surface area contributed by atoms with Crippen molar-refractivity contribution < 1.29 is 32.6 Å². The molecule has 1 fully saturated rings. The van der Waals surface area contributed by atoms with Crippen molar-refractivity contribution in [2.75, 3.05) is 49.6 Å². The third kappa shape index (κ3) is 6.22. The zero-order chi connectivity index (χ0) is 34.3. The lowest BCUT2D eigenvalue weighted by atomic mass is 10.1. The quantitative estimate of drug-likeness (QED) is 0.292. The summed E-state index contributed by atoms with van der Waals surface area (Å²) in [7, 11) is 0. The Morgan fingerprint density at radius 1 is 1.19 bits per heavy atom. The van der Waals surface area contributed by atoms with Crippen molar-refractivity contribution in [3.05, 3.63) is 61.6 Å². The number of amides is 2. The van der Waals surface area contributed by atoms with Gasteiger partial charge in [-0.15, -0.1) is 16.4 Å². The Labute approximate surface area is 279 Å². The second-order valence-electron chi connectivity index (χ2n) is 11.0. The summed E-state index contributed by atoms with van der Waals surface area (Å²) in [5.41, 5.74) is 0.0664. The van der Waals surface area contributed by atoms with Gasteiger partial charge in [-0.3, -0.25) is 14.4 Å². The molecule has 0 radical (unpaired) electrons. The number of rotatable bonds is 7. The summed E-state index contributed by atoms with van der Waals surface area (Å²) in [5.74, 6) is -1.11. The highest BCUT2D eigenvalue weighted by molar-refractivity contribution is 7.15. The number of alkyl halides is 3. The molecule has 0 bridgehead atoms. The third-order valence-electron chi connectivity index (χ3n) is 8.09. The molecule has 1 saturated heterocycles. The second-order valence-corrected chi connectivity index (χ2v) is 12.3. The maximum Gasteiger partial charge on any atom is 0.418 e. The number of nitrogens with one attached hydrogen (secondary N) is 1. The number of carbonyl (C=O) groups is 2. The zero-order valence-corrected chi connectivity index (χ0v) is 27.2. The number of nitrogens with zero attached hydrogens (tertiary/aromatic N) is 8. The van der Waals surface area contributed by atoms with Crippen LogP contribution in [0.3, 0.4) is 0 Å². The van der Waals surface area contributed by atoms with E-state index in [-0.39, 0.29) is 72.0 Å². The van der Waals surface area contributed by atoms with Gasteiger partial charge in [0.25, 0.3) is 11.5 Å². The van der Waals surface area contributed by atoms with Crippen LogP contribution in [0.15, 0.2) is 22.6 Å². The van der Waals surface area contributed by atoms with Gasteiger partial charge >= 0.3 is 6.18 Å². The summed E-state index contributed by atoms with van der Waals surface area (Å²) in [6, 6.07) is 0. The molecule has 2 aliphatic heterocycles. The van der Waals surface area contributed by atoms with Gasteiger partial charge in [0.1, 0.15) is 23.6 Å². The van der Waals surface area contributed by atoms with Crippen molar-refractivity contribution in [2.24, 2.45) is 0 Å². The fraction of sp³-hybridized carbons (Fsp3) is 0.414. The predicted octanol–water partition coefficient (Wildman–Crippen LogP) is 3.40. The van der Waals surface area contributed by atoms with E-state index in [1.54, 1.807) is 18.7 Å². The van der Waals surface area contributed by atoms with Crippen molar-refractivity contribution in [3.63, 3.8) is 0 Å². The summed E-state index contributed by atoms with van der Waals surface area (Å²) in [5, 5.41) is 17.4. The van der Waals surface area contributed by atoms with Crippen LogP contribution in [0.5, 0.6) is 5.75 Å². The minimum absolute atomic E-state index is 0.0785. The molecule has 2 amide bonds. The van der Waals surface area contributed by atoms with Gasteiger partial charge in [-0.25, -0.2) is 9.97 Å². The number of thiophene rings is 1. The van der Waals surface area contributed by atoms with Crippen LogP contribution in [0.25, 0.3) is 11.4 Å². The normalized spacial score (nSPS) is 15.6. The first-order chi connectivity index (χ1) is 22.9. The molecular weight excluding hydrogens is 679 g/mol. The maximum atomic E-state index is 14.1. The molecule has 2 N–H and O–H groups in total. The van der Waals surface area contributed by atoms with Crippen molar-refractivity contribution in [3.8, 4) is 5.75 Å². The van der Waals surface area contributed by atoms with Gasteiger partial charge in [0.15, 0.2) is 17.3 Å². The number of aromatic hydroxyl groups is 1. The van der Waals surface area contributed by atoms with E-state index in [0.717, 1.165) is 15.5 Å². The summed E-state index contributed by atoms with van der Waals surface area (Å²) >= 11 is 6.61. The number of ether oxygens (including phenoxy) is 1. The van der Waals surface area contributed by atoms with Gasteiger partial charge in [-0.2, -0.15) is 22.7 Å². The highest BCUT2D eigenvalue weighted by Gasteiger charge is 2.36. The van der Waals surface area contributed by atoms with E-state index < -0.39 is 40.7 Å². The minimum Gasteiger partial charge on any atom is -0.504 e. The topological polar surface area (TPSA) is 160 Å². The fourth-order valence-electron chi connectivity index (χ4n) is 5.63. The molecule has 4 aromatic heterocycles. The molecule has 0 saturated carbocycles. The second kappa shape index (κ2) is 13.2. The Bertz CT molecular complexity index is 2000. The van der Waals surface area contributed by atoms with Crippen LogP contribution >= 0.6 is 22.9 Å². The van der Waals surface area contributed by atoms with Crippen LogP contribution in [0.4, 0.5) is 23.9 Å². The number of hydrogen-bond donors (Lipinski definition) is 2. The van der Waals surface area contributed by atoms with Crippen molar-refractivity contribution in [1.82, 2.24) is 34.0 Å². The molecule has 14 nitrogen and oxygen atoms in total. The molecular formula is C29H29ClF3N9O5S. The SMILES string of the molecule is CCc1c(N2CCN(C(=O)c3ncnc(C)c3O)CC2)c(=O)n2nc(C3=CCOCC3)nc2n1CC(=O)Nc1scc(C(F)(F)F)c1Cl. The molecule has 4 aromatic rings. The van der Waals surface area contributed by atoms with E-state index >= 15 is 0 Å². The maximum absolute atomic E-state index is 14.1. The van der Waals surface area contributed by atoms with Crippen LogP contribution in [0.2, 0.25) is 5.02 Å². The molecule has 0 aliphatic carbocycles. The van der Waals surface area contributed by atoms with Gasteiger partial charge in [-0.05, 0) is 25.3 Å². The number of aryl methyl sites for hydroxylation is 1. The van der Waals surface area contributed by atoms with Crippen molar-refractivity contribution >= 4 is 56.8 Å². The first kappa shape index (κ1) is 33.4. The summed E-state index contributed by atoms with van der Waals surface area (Å²) in [4.78, 5) is 56.4. The lowest BCUT2D eigenvalue weighted by Crippen LogP contribution is -2.51. The third-order valence-corrected chi connectivity index (χ3v) is 9.49. The number of halogens is 4. The molecule has 48 heavy (non-hydrogen) atoms. The lowest BCUT2D eigenvalue weighted by Gasteiger charge is -2.36. The lowest BCUT2D eigenvalue weighted by molar-refractivity contribution is -0.137. The van der Waals surface area contributed by atoms with Gasteiger partial charge in [-0.1, -0.05) is 24.6 Å². The Morgan fingerprint density at radius 2 is 1.94 bits per heavy atom. The van der Waals surface area contributed by atoms with Crippen molar-refractivity contribution in [2.45, 2.75) is 39.4 Å². The number of hydrogen-bond acceptors (Lipinski definition) is 11. The van der Waals surface area contributed by atoms with Gasteiger partial charge < -0.3 is 29.5 Å². The number of piperazine rings is 1. The molecule has 6 rings (SSSR count). The van der Waals surface area contributed by atoms with Crippen LogP contribution in [0.1, 0.15) is 46.6 Å². The highest BCUT2D eigenvalue weighted by Crippen LogP contribution is 2.42. The average molecular weight is 708 g/mol. The molecule has 254 valence electrons.